The Hall–Kier alpha value is -0.480. The van der Waals surface area contributed by atoms with Crippen molar-refractivity contribution in [1.29, 1.82) is 0 Å². The molecule has 0 spiro atoms. The second-order valence-electron chi connectivity index (χ2n) is 2.80. The molecule has 0 heterocycles. The SMILES string of the molecule is O=C(O)CCCSc1cccc(Br)c1. The normalized spacial score (nSPS) is 10.1. The van der Waals surface area contributed by atoms with Crippen LogP contribution in [0.2, 0.25) is 0 Å². The first-order valence-electron chi connectivity index (χ1n) is 4.28. The summed E-state index contributed by atoms with van der Waals surface area (Å²) in [6.45, 7) is 0. The average molecular weight is 275 g/mol. The van der Waals surface area contributed by atoms with Crippen LogP contribution in [0.4, 0.5) is 0 Å². The van der Waals surface area contributed by atoms with E-state index in [9.17, 15) is 4.79 Å². The van der Waals surface area contributed by atoms with Crippen molar-refractivity contribution in [1.82, 2.24) is 0 Å². The molecule has 76 valence electrons. The highest BCUT2D eigenvalue weighted by Crippen LogP contribution is 2.22. The number of rotatable bonds is 5. The second-order valence-corrected chi connectivity index (χ2v) is 4.89. The molecular weight excluding hydrogens is 264 g/mol. The molecule has 1 aromatic carbocycles. The Kier molecular flexibility index (Phi) is 5.04. The Labute approximate surface area is 95.8 Å². The van der Waals surface area contributed by atoms with Crippen LogP contribution in [0.3, 0.4) is 0 Å². The van der Waals surface area contributed by atoms with Gasteiger partial charge in [0.15, 0.2) is 0 Å². The van der Waals surface area contributed by atoms with Gasteiger partial charge in [0.25, 0.3) is 0 Å². The van der Waals surface area contributed by atoms with Crippen molar-refractivity contribution in [3.63, 3.8) is 0 Å². The summed E-state index contributed by atoms with van der Waals surface area (Å²) in [5.74, 6) is 0.128. The Morgan fingerprint density at radius 3 is 2.93 bits per heavy atom. The Morgan fingerprint density at radius 2 is 2.29 bits per heavy atom. The lowest BCUT2D eigenvalue weighted by atomic mass is 10.3. The predicted octanol–water partition coefficient (Wildman–Crippen LogP) is 3.41. The van der Waals surface area contributed by atoms with Crippen molar-refractivity contribution in [3.8, 4) is 0 Å². The number of hydrogen-bond acceptors (Lipinski definition) is 2. The number of carboxylic acid groups (broad SMARTS) is 1. The van der Waals surface area contributed by atoms with Crippen molar-refractivity contribution < 1.29 is 9.90 Å². The third-order valence-corrected chi connectivity index (χ3v) is 3.17. The number of halogens is 1. The topological polar surface area (TPSA) is 37.3 Å². The van der Waals surface area contributed by atoms with E-state index in [0.29, 0.717) is 6.42 Å². The monoisotopic (exact) mass is 274 g/mol. The summed E-state index contributed by atoms with van der Waals surface area (Å²) in [5, 5.41) is 8.44. The molecule has 14 heavy (non-hydrogen) atoms. The first kappa shape index (κ1) is 11.6. The van der Waals surface area contributed by atoms with Crippen LogP contribution in [-0.4, -0.2) is 16.8 Å². The molecule has 0 bridgehead atoms. The first-order valence-corrected chi connectivity index (χ1v) is 6.06. The molecule has 0 aliphatic heterocycles. The maximum absolute atomic E-state index is 10.2. The predicted molar refractivity (Wildman–Crippen MR) is 61.7 cm³/mol. The molecule has 0 radical (unpaired) electrons. The summed E-state index contributed by atoms with van der Waals surface area (Å²) in [5.41, 5.74) is 0. The van der Waals surface area contributed by atoms with Gasteiger partial charge in [0.05, 0.1) is 0 Å². The van der Waals surface area contributed by atoms with E-state index in [-0.39, 0.29) is 6.42 Å². The average Bonchev–Trinajstić information content (AvgIpc) is 2.12. The maximum atomic E-state index is 10.2. The first-order chi connectivity index (χ1) is 6.68. The summed E-state index contributed by atoms with van der Waals surface area (Å²) >= 11 is 5.07. The highest BCUT2D eigenvalue weighted by Gasteiger charge is 1.98. The third-order valence-electron chi connectivity index (χ3n) is 1.60. The molecule has 0 saturated heterocycles. The fourth-order valence-corrected chi connectivity index (χ4v) is 2.43. The lowest BCUT2D eigenvalue weighted by molar-refractivity contribution is -0.137. The Morgan fingerprint density at radius 1 is 1.50 bits per heavy atom. The number of thioether (sulfide) groups is 1. The summed E-state index contributed by atoms with van der Waals surface area (Å²) in [6.07, 6.45) is 0.966. The van der Waals surface area contributed by atoms with Crippen LogP contribution < -0.4 is 0 Å². The number of carboxylic acids is 1. The number of aliphatic carboxylic acids is 1. The number of benzene rings is 1. The fraction of sp³-hybridized carbons (Fsp3) is 0.300. The molecule has 4 heteroatoms. The molecule has 2 nitrogen and oxygen atoms in total. The molecule has 0 aromatic heterocycles. The minimum absolute atomic E-state index is 0.251. The molecule has 0 amide bonds. The molecule has 0 saturated carbocycles. The van der Waals surface area contributed by atoms with Gasteiger partial charge >= 0.3 is 5.97 Å². The molecule has 1 rings (SSSR count). The van der Waals surface area contributed by atoms with Gasteiger partial charge in [0.2, 0.25) is 0 Å². The van der Waals surface area contributed by atoms with E-state index in [2.05, 4.69) is 15.9 Å². The van der Waals surface area contributed by atoms with E-state index in [1.807, 2.05) is 24.3 Å². The third kappa shape index (κ3) is 4.67. The minimum Gasteiger partial charge on any atom is -0.481 e. The molecule has 0 aliphatic carbocycles. The van der Waals surface area contributed by atoms with Gasteiger partial charge in [-0.25, -0.2) is 0 Å². The van der Waals surface area contributed by atoms with Crippen LogP contribution in [0.5, 0.6) is 0 Å². The van der Waals surface area contributed by atoms with Crippen LogP contribution in [-0.2, 0) is 4.79 Å². The van der Waals surface area contributed by atoms with E-state index in [4.69, 9.17) is 5.11 Å². The molecule has 0 aliphatic rings. The van der Waals surface area contributed by atoms with E-state index in [1.165, 1.54) is 4.90 Å². The quantitative estimate of drug-likeness (QED) is 0.661. The minimum atomic E-state index is -0.722. The van der Waals surface area contributed by atoms with Gasteiger partial charge in [-0.3, -0.25) is 4.79 Å². The molecule has 0 atom stereocenters. The number of carbonyl (C=O) groups is 1. The van der Waals surface area contributed by atoms with E-state index < -0.39 is 5.97 Å². The van der Waals surface area contributed by atoms with Crippen LogP contribution >= 0.6 is 27.7 Å². The van der Waals surface area contributed by atoms with Gasteiger partial charge in [0, 0.05) is 15.8 Å². The fourth-order valence-electron chi connectivity index (χ4n) is 0.970. The van der Waals surface area contributed by atoms with Crippen LogP contribution in [0.1, 0.15) is 12.8 Å². The standard InChI is InChI=1S/C10H11BrO2S/c11-8-3-1-4-9(7-8)14-6-2-5-10(12)13/h1,3-4,7H,2,5-6H2,(H,12,13). The van der Waals surface area contributed by atoms with Crippen molar-refractivity contribution in [2.24, 2.45) is 0 Å². The lowest BCUT2D eigenvalue weighted by Gasteiger charge is -2.00. The van der Waals surface area contributed by atoms with Crippen molar-refractivity contribution in [3.05, 3.63) is 28.7 Å². The van der Waals surface area contributed by atoms with Crippen molar-refractivity contribution in [2.45, 2.75) is 17.7 Å². The Balaban J connectivity index is 2.28. The van der Waals surface area contributed by atoms with Crippen LogP contribution in [0.25, 0.3) is 0 Å². The van der Waals surface area contributed by atoms with Gasteiger partial charge < -0.3 is 5.11 Å². The maximum Gasteiger partial charge on any atom is 0.303 e. The second kappa shape index (κ2) is 6.09. The van der Waals surface area contributed by atoms with Gasteiger partial charge in [-0.15, -0.1) is 11.8 Å². The zero-order valence-electron chi connectivity index (χ0n) is 7.57. The van der Waals surface area contributed by atoms with Gasteiger partial charge in [0.1, 0.15) is 0 Å². The molecular formula is C10H11BrO2S. The summed E-state index contributed by atoms with van der Waals surface area (Å²) < 4.78 is 1.06. The van der Waals surface area contributed by atoms with E-state index in [0.717, 1.165) is 10.2 Å². The van der Waals surface area contributed by atoms with Gasteiger partial charge in [-0.05, 0) is 30.4 Å². The van der Waals surface area contributed by atoms with E-state index in [1.54, 1.807) is 11.8 Å². The largest absolute Gasteiger partial charge is 0.481 e. The zero-order chi connectivity index (χ0) is 10.4. The van der Waals surface area contributed by atoms with Crippen LogP contribution in [0, 0.1) is 0 Å². The highest BCUT2D eigenvalue weighted by atomic mass is 79.9. The van der Waals surface area contributed by atoms with Gasteiger partial charge in [-0.1, -0.05) is 22.0 Å². The molecule has 0 fully saturated rings. The van der Waals surface area contributed by atoms with E-state index >= 15 is 0 Å². The Bertz CT molecular complexity index is 315. The van der Waals surface area contributed by atoms with Crippen molar-refractivity contribution >= 4 is 33.7 Å². The molecule has 1 N–H and O–H groups in total. The molecule has 1 aromatic rings. The zero-order valence-corrected chi connectivity index (χ0v) is 9.97. The summed E-state index contributed by atoms with van der Waals surface area (Å²) in [6, 6.07) is 8.01. The lowest BCUT2D eigenvalue weighted by Crippen LogP contribution is -1.94. The van der Waals surface area contributed by atoms with Crippen molar-refractivity contribution in [2.75, 3.05) is 5.75 Å². The molecule has 0 unspecified atom stereocenters. The highest BCUT2D eigenvalue weighted by molar-refractivity contribution is 9.10. The van der Waals surface area contributed by atoms with Crippen LogP contribution in [0.15, 0.2) is 33.6 Å². The summed E-state index contributed by atoms with van der Waals surface area (Å²) in [7, 11) is 0. The van der Waals surface area contributed by atoms with Gasteiger partial charge in [-0.2, -0.15) is 0 Å². The smallest absolute Gasteiger partial charge is 0.303 e. The summed E-state index contributed by atoms with van der Waals surface area (Å²) in [4.78, 5) is 11.4. The number of hydrogen-bond donors (Lipinski definition) is 1.